The van der Waals surface area contributed by atoms with Crippen molar-refractivity contribution in [3.8, 4) is 0 Å². The van der Waals surface area contributed by atoms with Gasteiger partial charge in [-0.25, -0.2) is 9.97 Å². The monoisotopic (exact) mass is 214 g/mol. The van der Waals surface area contributed by atoms with Crippen LogP contribution in [0.1, 0.15) is 36.4 Å². The molecule has 2 aromatic rings. The summed E-state index contributed by atoms with van der Waals surface area (Å²) in [7, 11) is 0. The van der Waals surface area contributed by atoms with Crippen molar-refractivity contribution in [2.75, 3.05) is 0 Å². The van der Waals surface area contributed by atoms with E-state index in [4.69, 9.17) is 9.97 Å². The van der Waals surface area contributed by atoms with E-state index in [9.17, 15) is 0 Å². The van der Waals surface area contributed by atoms with Crippen LogP contribution in [0.2, 0.25) is 0 Å². The predicted molar refractivity (Wildman–Crippen MR) is 67.8 cm³/mol. The van der Waals surface area contributed by atoms with Crippen LogP contribution in [-0.4, -0.2) is 9.97 Å². The van der Waals surface area contributed by atoms with Gasteiger partial charge in [-0.1, -0.05) is 19.9 Å². The van der Waals surface area contributed by atoms with Gasteiger partial charge < -0.3 is 0 Å². The molecule has 0 saturated heterocycles. The molecule has 0 aliphatic heterocycles. The maximum absolute atomic E-state index is 4.76. The molecule has 1 aromatic heterocycles. The predicted octanol–water partition coefficient (Wildman–Crippen LogP) is 3.37. The van der Waals surface area contributed by atoms with Gasteiger partial charge in [-0.3, -0.25) is 0 Å². The summed E-state index contributed by atoms with van der Waals surface area (Å²) in [6.45, 7) is 8.52. The Bertz CT molecular complexity index is 530. The molecule has 0 aliphatic rings. The summed E-state index contributed by atoms with van der Waals surface area (Å²) in [6, 6.07) is 4.20. The van der Waals surface area contributed by atoms with E-state index in [1.54, 1.807) is 0 Å². The van der Waals surface area contributed by atoms with Gasteiger partial charge in [0, 0.05) is 0 Å². The van der Waals surface area contributed by atoms with E-state index in [0.717, 1.165) is 35.3 Å². The van der Waals surface area contributed by atoms with Gasteiger partial charge in [0.15, 0.2) is 0 Å². The third-order valence-corrected chi connectivity index (χ3v) is 3.19. The number of hydrogen-bond acceptors (Lipinski definition) is 2. The van der Waals surface area contributed by atoms with Crippen molar-refractivity contribution in [2.45, 2.75) is 40.5 Å². The second-order valence-corrected chi connectivity index (χ2v) is 4.20. The first-order chi connectivity index (χ1) is 7.67. The highest BCUT2D eigenvalue weighted by Crippen LogP contribution is 2.20. The van der Waals surface area contributed by atoms with Crippen LogP contribution in [-0.2, 0) is 12.8 Å². The quantitative estimate of drug-likeness (QED) is 0.766. The smallest absolute Gasteiger partial charge is 0.0922 e. The Kier molecular flexibility index (Phi) is 2.90. The topological polar surface area (TPSA) is 25.8 Å². The molecule has 16 heavy (non-hydrogen) atoms. The molecule has 2 heteroatoms. The fraction of sp³-hybridized carbons (Fsp3) is 0.429. The lowest BCUT2D eigenvalue weighted by Crippen LogP contribution is -2.01. The molecular formula is C14H18N2. The molecule has 0 saturated carbocycles. The Balaban J connectivity index is 2.78. The summed E-state index contributed by atoms with van der Waals surface area (Å²) in [5.74, 6) is 0. The van der Waals surface area contributed by atoms with E-state index >= 15 is 0 Å². The maximum Gasteiger partial charge on any atom is 0.0922 e. The third-order valence-electron chi connectivity index (χ3n) is 3.19. The molecule has 0 bridgehead atoms. The van der Waals surface area contributed by atoms with E-state index in [1.165, 1.54) is 11.1 Å². The first kappa shape index (κ1) is 11.1. The van der Waals surface area contributed by atoms with E-state index < -0.39 is 0 Å². The standard InChI is InChI=1S/C14H18N2/c1-5-11-12(6-2)16-14-10(4)9(3)7-8-13(14)15-11/h7-8H,5-6H2,1-4H3. The van der Waals surface area contributed by atoms with E-state index in [1.807, 2.05) is 0 Å². The van der Waals surface area contributed by atoms with Crippen LogP contribution in [0.15, 0.2) is 12.1 Å². The third kappa shape index (κ3) is 1.69. The molecular weight excluding hydrogens is 196 g/mol. The van der Waals surface area contributed by atoms with Gasteiger partial charge in [0.2, 0.25) is 0 Å². The maximum atomic E-state index is 4.76. The van der Waals surface area contributed by atoms with Crippen LogP contribution in [0.4, 0.5) is 0 Å². The van der Waals surface area contributed by atoms with Crippen molar-refractivity contribution >= 4 is 11.0 Å². The van der Waals surface area contributed by atoms with Gasteiger partial charge in [0.25, 0.3) is 0 Å². The van der Waals surface area contributed by atoms with Crippen molar-refractivity contribution in [3.05, 3.63) is 34.6 Å². The Labute approximate surface area is 96.7 Å². The molecule has 0 amide bonds. The van der Waals surface area contributed by atoms with Crippen LogP contribution >= 0.6 is 0 Å². The SMILES string of the molecule is CCc1nc2ccc(C)c(C)c2nc1CC. The van der Waals surface area contributed by atoms with Crippen molar-refractivity contribution in [3.63, 3.8) is 0 Å². The molecule has 2 rings (SSSR count). The lowest BCUT2D eigenvalue weighted by atomic mass is 10.1. The molecule has 0 spiro atoms. The summed E-state index contributed by atoms with van der Waals surface area (Å²) >= 11 is 0. The number of aromatic nitrogens is 2. The minimum absolute atomic E-state index is 0.957. The van der Waals surface area contributed by atoms with Crippen molar-refractivity contribution < 1.29 is 0 Å². The average molecular weight is 214 g/mol. The van der Waals surface area contributed by atoms with E-state index in [2.05, 4.69) is 39.8 Å². The van der Waals surface area contributed by atoms with Crippen molar-refractivity contribution in [1.29, 1.82) is 0 Å². The largest absolute Gasteiger partial charge is 0.249 e. The zero-order chi connectivity index (χ0) is 11.7. The highest BCUT2D eigenvalue weighted by atomic mass is 14.8. The number of fused-ring (bicyclic) bond motifs is 1. The number of nitrogens with zero attached hydrogens (tertiary/aromatic N) is 2. The molecule has 0 radical (unpaired) electrons. The Morgan fingerprint density at radius 1 is 0.938 bits per heavy atom. The summed E-state index contributed by atoms with van der Waals surface area (Å²) in [6.07, 6.45) is 1.92. The summed E-state index contributed by atoms with van der Waals surface area (Å²) in [5, 5.41) is 0. The second-order valence-electron chi connectivity index (χ2n) is 4.20. The van der Waals surface area contributed by atoms with Crippen molar-refractivity contribution in [1.82, 2.24) is 9.97 Å². The number of rotatable bonds is 2. The van der Waals surface area contributed by atoms with Crippen molar-refractivity contribution in [2.24, 2.45) is 0 Å². The minimum atomic E-state index is 0.957. The van der Waals surface area contributed by atoms with Crippen LogP contribution in [0.25, 0.3) is 11.0 Å². The van der Waals surface area contributed by atoms with Gasteiger partial charge in [-0.15, -0.1) is 0 Å². The van der Waals surface area contributed by atoms with Gasteiger partial charge in [0.05, 0.1) is 22.4 Å². The molecule has 0 aliphatic carbocycles. The molecule has 0 atom stereocenters. The minimum Gasteiger partial charge on any atom is -0.249 e. The highest BCUT2D eigenvalue weighted by Gasteiger charge is 2.08. The first-order valence-corrected chi connectivity index (χ1v) is 5.93. The van der Waals surface area contributed by atoms with Gasteiger partial charge >= 0.3 is 0 Å². The molecule has 0 fully saturated rings. The van der Waals surface area contributed by atoms with Gasteiger partial charge in [-0.05, 0) is 43.9 Å². The molecule has 1 heterocycles. The van der Waals surface area contributed by atoms with Crippen LogP contribution in [0, 0.1) is 13.8 Å². The molecule has 2 nitrogen and oxygen atoms in total. The number of benzene rings is 1. The highest BCUT2D eigenvalue weighted by molar-refractivity contribution is 5.79. The normalized spacial score (nSPS) is 11.0. The molecule has 1 aromatic carbocycles. The second kappa shape index (κ2) is 4.20. The summed E-state index contributed by atoms with van der Waals surface area (Å²) < 4.78 is 0. The molecule has 0 unspecified atom stereocenters. The van der Waals surface area contributed by atoms with Gasteiger partial charge in [-0.2, -0.15) is 0 Å². The fourth-order valence-electron chi connectivity index (χ4n) is 1.99. The van der Waals surface area contributed by atoms with Gasteiger partial charge in [0.1, 0.15) is 0 Å². The molecule has 0 N–H and O–H groups in total. The first-order valence-electron chi connectivity index (χ1n) is 5.93. The zero-order valence-electron chi connectivity index (χ0n) is 10.5. The van der Waals surface area contributed by atoms with Crippen LogP contribution < -0.4 is 0 Å². The average Bonchev–Trinajstić information content (AvgIpc) is 2.32. The lowest BCUT2D eigenvalue weighted by molar-refractivity contribution is 0.928. The summed E-state index contributed by atoms with van der Waals surface area (Å²) in [4.78, 5) is 9.47. The van der Waals surface area contributed by atoms with Crippen LogP contribution in [0.3, 0.4) is 0 Å². The number of hydrogen-bond donors (Lipinski definition) is 0. The lowest BCUT2D eigenvalue weighted by Gasteiger charge is -2.09. The fourth-order valence-corrected chi connectivity index (χ4v) is 1.99. The summed E-state index contributed by atoms with van der Waals surface area (Å²) in [5.41, 5.74) is 6.91. The Hall–Kier alpha value is -1.44. The molecule has 84 valence electrons. The Morgan fingerprint density at radius 3 is 2.19 bits per heavy atom. The van der Waals surface area contributed by atoms with E-state index in [-0.39, 0.29) is 0 Å². The Morgan fingerprint density at radius 2 is 1.56 bits per heavy atom. The van der Waals surface area contributed by atoms with Crippen LogP contribution in [0.5, 0.6) is 0 Å². The number of aryl methyl sites for hydroxylation is 4. The zero-order valence-corrected chi connectivity index (χ0v) is 10.5. The van der Waals surface area contributed by atoms with E-state index in [0.29, 0.717) is 0 Å².